The van der Waals surface area contributed by atoms with Gasteiger partial charge in [-0.15, -0.1) is 10.2 Å². The number of para-hydroxylation sites is 1. The van der Waals surface area contributed by atoms with E-state index in [-0.39, 0.29) is 17.6 Å². The van der Waals surface area contributed by atoms with Crippen molar-refractivity contribution < 1.29 is 9.21 Å². The Labute approximate surface area is 166 Å². The van der Waals surface area contributed by atoms with Crippen molar-refractivity contribution in [2.24, 2.45) is 0 Å². The van der Waals surface area contributed by atoms with E-state index in [2.05, 4.69) is 39.6 Å². The molecule has 0 aliphatic rings. The van der Waals surface area contributed by atoms with Crippen LogP contribution < -0.4 is 5.32 Å². The maximum absolute atomic E-state index is 12.1. The number of H-pyrrole nitrogens is 1. The van der Waals surface area contributed by atoms with Crippen LogP contribution in [0.1, 0.15) is 18.4 Å². The van der Waals surface area contributed by atoms with E-state index in [0.29, 0.717) is 17.7 Å². The second kappa shape index (κ2) is 8.31. The predicted octanol–water partition coefficient (Wildman–Crippen LogP) is 4.23. The lowest BCUT2D eigenvalue weighted by Gasteiger charge is -2.12. The standard InChI is InChI=1S/C21H20N4O2S/c1-14(15-7-3-2-4-8-15)11-23-19(26)13-28-21-25-24-20(27-21)17-12-22-18-10-6-5-9-16(17)18/h2-10,12,14,22H,11,13H2,1H3,(H,23,26). The lowest BCUT2D eigenvalue weighted by atomic mass is 10.0. The highest BCUT2D eigenvalue weighted by atomic mass is 32.2. The first kappa shape index (κ1) is 18.3. The van der Waals surface area contributed by atoms with E-state index in [1.807, 2.05) is 48.7 Å². The minimum absolute atomic E-state index is 0.0559. The van der Waals surface area contributed by atoms with Crippen LogP contribution >= 0.6 is 11.8 Å². The fourth-order valence-electron chi connectivity index (χ4n) is 2.97. The second-order valence-electron chi connectivity index (χ2n) is 6.53. The van der Waals surface area contributed by atoms with Crippen LogP contribution in [-0.4, -0.2) is 33.4 Å². The summed E-state index contributed by atoms with van der Waals surface area (Å²) < 4.78 is 5.72. The van der Waals surface area contributed by atoms with E-state index in [0.717, 1.165) is 16.5 Å². The van der Waals surface area contributed by atoms with Gasteiger partial charge in [-0.05, 0) is 17.5 Å². The molecule has 2 aromatic heterocycles. The molecular weight excluding hydrogens is 372 g/mol. The number of amides is 1. The Morgan fingerprint density at radius 2 is 1.93 bits per heavy atom. The summed E-state index contributed by atoms with van der Waals surface area (Å²) in [5.41, 5.74) is 3.07. The molecule has 28 heavy (non-hydrogen) atoms. The summed E-state index contributed by atoms with van der Waals surface area (Å²) in [6.07, 6.45) is 1.85. The number of thioether (sulfide) groups is 1. The molecular formula is C21H20N4O2S. The molecule has 4 aromatic rings. The van der Waals surface area contributed by atoms with Crippen molar-refractivity contribution in [3.63, 3.8) is 0 Å². The van der Waals surface area contributed by atoms with Crippen LogP contribution in [0.5, 0.6) is 0 Å². The van der Waals surface area contributed by atoms with E-state index in [1.165, 1.54) is 17.3 Å². The summed E-state index contributed by atoms with van der Waals surface area (Å²) in [6, 6.07) is 18.0. The molecule has 0 radical (unpaired) electrons. The minimum Gasteiger partial charge on any atom is -0.411 e. The van der Waals surface area contributed by atoms with Crippen molar-refractivity contribution in [3.05, 3.63) is 66.4 Å². The van der Waals surface area contributed by atoms with Gasteiger partial charge in [0, 0.05) is 23.6 Å². The highest BCUT2D eigenvalue weighted by Crippen LogP contribution is 2.29. The molecule has 0 saturated carbocycles. The molecule has 0 bridgehead atoms. The number of hydrogen-bond donors (Lipinski definition) is 2. The zero-order valence-corrected chi connectivity index (χ0v) is 16.2. The fourth-order valence-corrected chi connectivity index (χ4v) is 3.56. The lowest BCUT2D eigenvalue weighted by Crippen LogP contribution is -2.28. The molecule has 0 aliphatic carbocycles. The zero-order valence-electron chi connectivity index (χ0n) is 15.4. The lowest BCUT2D eigenvalue weighted by molar-refractivity contribution is -0.118. The monoisotopic (exact) mass is 392 g/mol. The first-order valence-corrected chi connectivity index (χ1v) is 10.0. The first-order valence-electron chi connectivity index (χ1n) is 9.05. The van der Waals surface area contributed by atoms with E-state index >= 15 is 0 Å². The van der Waals surface area contributed by atoms with Gasteiger partial charge in [0.1, 0.15) is 0 Å². The third-order valence-corrected chi connectivity index (χ3v) is 5.35. The first-order chi connectivity index (χ1) is 13.7. The van der Waals surface area contributed by atoms with Gasteiger partial charge >= 0.3 is 0 Å². The Balaban J connectivity index is 1.31. The highest BCUT2D eigenvalue weighted by molar-refractivity contribution is 7.99. The van der Waals surface area contributed by atoms with Crippen LogP contribution in [0.4, 0.5) is 0 Å². The van der Waals surface area contributed by atoms with Crippen LogP contribution in [0, 0.1) is 0 Å². The normalized spacial score (nSPS) is 12.2. The molecule has 1 atom stereocenters. The van der Waals surface area contributed by atoms with Crippen LogP contribution in [0.15, 0.2) is 70.4 Å². The van der Waals surface area contributed by atoms with E-state index in [1.54, 1.807) is 0 Å². The van der Waals surface area contributed by atoms with Gasteiger partial charge in [-0.25, -0.2) is 0 Å². The van der Waals surface area contributed by atoms with Crippen LogP contribution in [0.25, 0.3) is 22.4 Å². The molecule has 6 nitrogen and oxygen atoms in total. The average Bonchev–Trinajstić information content (AvgIpc) is 3.37. The number of aromatic amines is 1. The second-order valence-corrected chi connectivity index (χ2v) is 7.45. The summed E-state index contributed by atoms with van der Waals surface area (Å²) in [5.74, 6) is 0.876. The number of nitrogens with zero attached hydrogens (tertiary/aromatic N) is 2. The van der Waals surface area contributed by atoms with E-state index < -0.39 is 0 Å². The number of rotatable bonds is 7. The van der Waals surface area contributed by atoms with Crippen molar-refractivity contribution in [3.8, 4) is 11.5 Å². The van der Waals surface area contributed by atoms with E-state index in [9.17, 15) is 4.79 Å². The third kappa shape index (κ3) is 4.09. The molecule has 2 aromatic carbocycles. The van der Waals surface area contributed by atoms with Gasteiger partial charge in [-0.1, -0.05) is 67.2 Å². The molecule has 0 fully saturated rings. The van der Waals surface area contributed by atoms with Gasteiger partial charge in [0.15, 0.2) is 0 Å². The SMILES string of the molecule is CC(CNC(=O)CSc1nnc(-c2c[nH]c3ccccc23)o1)c1ccccc1. The summed E-state index contributed by atoms with van der Waals surface area (Å²) in [6.45, 7) is 2.68. The van der Waals surface area contributed by atoms with Gasteiger partial charge in [0.25, 0.3) is 11.1 Å². The summed E-state index contributed by atoms with van der Waals surface area (Å²) >= 11 is 1.24. The molecule has 1 unspecified atom stereocenters. The molecule has 0 aliphatic heterocycles. The number of carbonyl (C=O) groups excluding carboxylic acids is 1. The van der Waals surface area contributed by atoms with Crippen molar-refractivity contribution in [2.75, 3.05) is 12.3 Å². The maximum Gasteiger partial charge on any atom is 0.277 e. The highest BCUT2D eigenvalue weighted by Gasteiger charge is 2.15. The Kier molecular flexibility index (Phi) is 5.43. The number of benzene rings is 2. The van der Waals surface area contributed by atoms with Gasteiger partial charge in [0.05, 0.1) is 11.3 Å². The molecule has 142 valence electrons. The fraction of sp³-hybridized carbons (Fsp3) is 0.190. The average molecular weight is 392 g/mol. The molecule has 0 spiro atoms. The van der Waals surface area contributed by atoms with Crippen molar-refractivity contribution in [1.82, 2.24) is 20.5 Å². The predicted molar refractivity (Wildman–Crippen MR) is 110 cm³/mol. The summed E-state index contributed by atoms with van der Waals surface area (Å²) in [4.78, 5) is 15.3. The Bertz CT molecular complexity index is 1070. The third-order valence-electron chi connectivity index (χ3n) is 4.53. The zero-order chi connectivity index (χ0) is 19.3. The number of fused-ring (bicyclic) bond motifs is 1. The van der Waals surface area contributed by atoms with Crippen LogP contribution in [0.2, 0.25) is 0 Å². The number of hydrogen-bond acceptors (Lipinski definition) is 5. The molecule has 7 heteroatoms. The van der Waals surface area contributed by atoms with Crippen LogP contribution in [-0.2, 0) is 4.79 Å². The maximum atomic E-state index is 12.1. The number of aromatic nitrogens is 3. The molecule has 4 rings (SSSR count). The van der Waals surface area contributed by atoms with Crippen molar-refractivity contribution in [1.29, 1.82) is 0 Å². The molecule has 0 saturated heterocycles. The van der Waals surface area contributed by atoms with Gasteiger partial charge in [-0.3, -0.25) is 4.79 Å². The van der Waals surface area contributed by atoms with Crippen molar-refractivity contribution in [2.45, 2.75) is 18.1 Å². The summed E-state index contributed by atoms with van der Waals surface area (Å²) in [7, 11) is 0. The molecule has 1 amide bonds. The van der Waals surface area contributed by atoms with Crippen molar-refractivity contribution >= 4 is 28.6 Å². The Morgan fingerprint density at radius 1 is 1.14 bits per heavy atom. The van der Waals surface area contributed by atoms with Crippen LogP contribution in [0.3, 0.4) is 0 Å². The number of nitrogens with one attached hydrogen (secondary N) is 2. The van der Waals surface area contributed by atoms with Gasteiger partial charge < -0.3 is 14.7 Å². The molecule has 2 heterocycles. The quantitative estimate of drug-likeness (QED) is 0.460. The minimum atomic E-state index is -0.0559. The topological polar surface area (TPSA) is 83.8 Å². The summed E-state index contributed by atoms with van der Waals surface area (Å²) in [5, 5.41) is 12.5. The van der Waals surface area contributed by atoms with Gasteiger partial charge in [0.2, 0.25) is 5.91 Å². The van der Waals surface area contributed by atoms with E-state index in [4.69, 9.17) is 4.42 Å². The Morgan fingerprint density at radius 3 is 2.79 bits per heavy atom. The Hall–Kier alpha value is -3.06. The van der Waals surface area contributed by atoms with Gasteiger partial charge in [-0.2, -0.15) is 0 Å². The smallest absolute Gasteiger partial charge is 0.277 e. The molecule has 2 N–H and O–H groups in total. The number of carbonyl (C=O) groups is 1. The largest absolute Gasteiger partial charge is 0.411 e.